The van der Waals surface area contributed by atoms with Crippen LogP contribution in [0.3, 0.4) is 0 Å². The Bertz CT molecular complexity index is 879. The van der Waals surface area contributed by atoms with E-state index in [4.69, 9.17) is 0 Å². The maximum Gasteiger partial charge on any atom is 0.241 e. The highest BCUT2D eigenvalue weighted by Crippen LogP contribution is 2.16. The number of anilines is 1. The zero-order chi connectivity index (χ0) is 17.9. The second kappa shape index (κ2) is 7.11. The number of rotatable bonds is 5. The van der Waals surface area contributed by atoms with E-state index in [1.54, 1.807) is 6.07 Å². The summed E-state index contributed by atoms with van der Waals surface area (Å²) < 4.78 is 39.7. The Morgan fingerprint density at radius 2 is 1.71 bits per heavy atom. The molecule has 24 heavy (non-hydrogen) atoms. The van der Waals surface area contributed by atoms with Crippen LogP contribution >= 0.6 is 0 Å². The lowest BCUT2D eigenvalue weighted by molar-refractivity contribution is -0.115. The molecule has 2 aromatic rings. The van der Waals surface area contributed by atoms with Crippen LogP contribution in [0.1, 0.15) is 16.7 Å². The second-order valence-corrected chi connectivity index (χ2v) is 7.32. The van der Waals surface area contributed by atoms with Crippen LogP contribution in [0.2, 0.25) is 0 Å². The molecule has 0 radical (unpaired) electrons. The van der Waals surface area contributed by atoms with Gasteiger partial charge >= 0.3 is 0 Å². The van der Waals surface area contributed by atoms with E-state index in [-0.39, 0.29) is 10.5 Å². The van der Waals surface area contributed by atoms with E-state index < -0.39 is 28.3 Å². The number of aryl methyl sites for hydroxylation is 3. The Morgan fingerprint density at radius 3 is 2.33 bits per heavy atom. The summed E-state index contributed by atoms with van der Waals surface area (Å²) in [6, 6.07) is 8.80. The molecule has 2 aromatic carbocycles. The highest BCUT2D eigenvalue weighted by Gasteiger charge is 2.18. The van der Waals surface area contributed by atoms with Gasteiger partial charge in [0.15, 0.2) is 0 Å². The Labute approximate surface area is 141 Å². The highest BCUT2D eigenvalue weighted by molar-refractivity contribution is 7.89. The average molecular weight is 350 g/mol. The standard InChI is InChI=1S/C17H19FN2O3S/c1-11-4-6-15(9-12(11)2)20-17(21)10-19-24(22,23)16-7-5-14(18)8-13(16)3/h4-9,19H,10H2,1-3H3,(H,20,21). The normalized spacial score (nSPS) is 11.3. The van der Waals surface area contributed by atoms with Gasteiger partial charge in [0, 0.05) is 5.69 Å². The molecule has 0 bridgehead atoms. The fourth-order valence-corrected chi connectivity index (χ4v) is 3.38. The van der Waals surface area contributed by atoms with Gasteiger partial charge in [-0.15, -0.1) is 0 Å². The summed E-state index contributed by atoms with van der Waals surface area (Å²) >= 11 is 0. The van der Waals surface area contributed by atoms with Crippen molar-refractivity contribution in [2.24, 2.45) is 0 Å². The number of carbonyl (C=O) groups excluding carboxylic acids is 1. The van der Waals surface area contributed by atoms with E-state index in [9.17, 15) is 17.6 Å². The Kier molecular flexibility index (Phi) is 5.36. The van der Waals surface area contributed by atoms with E-state index >= 15 is 0 Å². The van der Waals surface area contributed by atoms with Crippen molar-refractivity contribution in [2.75, 3.05) is 11.9 Å². The van der Waals surface area contributed by atoms with Crippen molar-refractivity contribution in [3.63, 3.8) is 0 Å². The van der Waals surface area contributed by atoms with Gasteiger partial charge in [0.1, 0.15) is 5.82 Å². The molecular formula is C17H19FN2O3S. The van der Waals surface area contributed by atoms with Crippen molar-refractivity contribution in [3.8, 4) is 0 Å². The van der Waals surface area contributed by atoms with Crippen LogP contribution in [0.4, 0.5) is 10.1 Å². The number of hydrogen-bond donors (Lipinski definition) is 2. The van der Waals surface area contributed by atoms with E-state index in [0.29, 0.717) is 5.69 Å². The molecule has 0 aliphatic carbocycles. The third-order valence-electron chi connectivity index (χ3n) is 3.64. The molecule has 0 saturated carbocycles. The van der Waals surface area contributed by atoms with E-state index in [2.05, 4.69) is 10.0 Å². The SMILES string of the molecule is Cc1ccc(NC(=O)CNS(=O)(=O)c2ccc(F)cc2C)cc1C. The van der Waals surface area contributed by atoms with E-state index in [1.165, 1.54) is 13.0 Å². The van der Waals surface area contributed by atoms with Crippen LogP contribution in [0.5, 0.6) is 0 Å². The molecule has 2 N–H and O–H groups in total. The minimum atomic E-state index is -3.89. The first-order valence-electron chi connectivity index (χ1n) is 7.32. The first-order valence-corrected chi connectivity index (χ1v) is 8.80. The summed E-state index contributed by atoms with van der Waals surface area (Å²) in [6.45, 7) is 4.96. The summed E-state index contributed by atoms with van der Waals surface area (Å²) in [6.07, 6.45) is 0. The Hall–Kier alpha value is -2.25. The molecule has 128 valence electrons. The zero-order valence-electron chi connectivity index (χ0n) is 13.7. The van der Waals surface area contributed by atoms with Gasteiger partial charge in [-0.05, 0) is 67.8 Å². The van der Waals surface area contributed by atoms with E-state index in [0.717, 1.165) is 23.3 Å². The van der Waals surface area contributed by atoms with Gasteiger partial charge < -0.3 is 5.32 Å². The molecule has 0 aliphatic rings. The van der Waals surface area contributed by atoms with Crippen molar-refractivity contribution < 1.29 is 17.6 Å². The maximum absolute atomic E-state index is 13.1. The monoisotopic (exact) mass is 350 g/mol. The lowest BCUT2D eigenvalue weighted by Gasteiger charge is -2.10. The quantitative estimate of drug-likeness (QED) is 0.870. The lowest BCUT2D eigenvalue weighted by atomic mass is 10.1. The first kappa shape index (κ1) is 18.1. The molecule has 0 saturated heterocycles. The van der Waals surface area contributed by atoms with Crippen LogP contribution < -0.4 is 10.0 Å². The van der Waals surface area contributed by atoms with Crippen LogP contribution in [0.15, 0.2) is 41.3 Å². The molecule has 0 fully saturated rings. The number of halogens is 1. The lowest BCUT2D eigenvalue weighted by Crippen LogP contribution is -2.33. The van der Waals surface area contributed by atoms with E-state index in [1.807, 2.05) is 26.0 Å². The maximum atomic E-state index is 13.1. The Balaban J connectivity index is 2.03. The molecule has 0 aliphatic heterocycles. The first-order chi connectivity index (χ1) is 11.2. The molecule has 7 heteroatoms. The van der Waals surface area contributed by atoms with Gasteiger partial charge in [-0.2, -0.15) is 0 Å². The minimum absolute atomic E-state index is 0.0529. The van der Waals surface area contributed by atoms with Crippen molar-refractivity contribution in [1.82, 2.24) is 4.72 Å². The molecule has 0 unspecified atom stereocenters. The molecule has 0 heterocycles. The fourth-order valence-electron chi connectivity index (χ4n) is 2.18. The van der Waals surface area contributed by atoms with Crippen LogP contribution in [0.25, 0.3) is 0 Å². The van der Waals surface area contributed by atoms with Crippen LogP contribution in [-0.4, -0.2) is 20.9 Å². The van der Waals surface area contributed by atoms with Crippen molar-refractivity contribution in [3.05, 3.63) is 58.9 Å². The molecule has 0 spiro atoms. The predicted octanol–water partition coefficient (Wildman–Crippen LogP) is 2.67. The number of carbonyl (C=O) groups is 1. The predicted molar refractivity (Wildman–Crippen MR) is 90.9 cm³/mol. The number of hydrogen-bond acceptors (Lipinski definition) is 3. The third kappa shape index (κ3) is 4.39. The fraction of sp³-hybridized carbons (Fsp3) is 0.235. The average Bonchev–Trinajstić information content (AvgIpc) is 2.49. The van der Waals surface area contributed by atoms with Gasteiger partial charge in [-0.25, -0.2) is 17.5 Å². The molecule has 1 amide bonds. The van der Waals surface area contributed by atoms with Crippen molar-refractivity contribution in [2.45, 2.75) is 25.7 Å². The molecule has 5 nitrogen and oxygen atoms in total. The summed E-state index contributed by atoms with van der Waals surface area (Å²) in [5.74, 6) is -1.000. The molecule has 0 aromatic heterocycles. The summed E-state index contributed by atoms with van der Waals surface area (Å²) in [7, 11) is -3.89. The number of benzene rings is 2. The summed E-state index contributed by atoms with van der Waals surface area (Å²) in [4.78, 5) is 11.9. The number of nitrogens with one attached hydrogen (secondary N) is 2. The van der Waals surface area contributed by atoms with Crippen LogP contribution in [0, 0.1) is 26.6 Å². The van der Waals surface area contributed by atoms with Gasteiger partial charge in [0.2, 0.25) is 15.9 Å². The second-order valence-electron chi connectivity index (χ2n) is 5.58. The Morgan fingerprint density at radius 1 is 1.00 bits per heavy atom. The zero-order valence-corrected chi connectivity index (χ0v) is 14.5. The summed E-state index contributed by atoms with van der Waals surface area (Å²) in [5.41, 5.74) is 2.99. The van der Waals surface area contributed by atoms with Crippen molar-refractivity contribution >= 4 is 21.6 Å². The van der Waals surface area contributed by atoms with Crippen molar-refractivity contribution in [1.29, 1.82) is 0 Å². The highest BCUT2D eigenvalue weighted by atomic mass is 32.2. The smallest absolute Gasteiger partial charge is 0.241 e. The summed E-state index contributed by atoms with van der Waals surface area (Å²) in [5, 5.41) is 2.63. The molecular weight excluding hydrogens is 331 g/mol. The topological polar surface area (TPSA) is 75.3 Å². The van der Waals surface area contributed by atoms with Crippen LogP contribution in [-0.2, 0) is 14.8 Å². The van der Waals surface area contributed by atoms with Gasteiger partial charge in [0.25, 0.3) is 0 Å². The van der Waals surface area contributed by atoms with Gasteiger partial charge in [-0.1, -0.05) is 6.07 Å². The van der Waals surface area contributed by atoms with Gasteiger partial charge in [-0.3, -0.25) is 4.79 Å². The molecule has 0 atom stereocenters. The largest absolute Gasteiger partial charge is 0.325 e. The molecule has 2 rings (SSSR count). The third-order valence-corrected chi connectivity index (χ3v) is 5.20. The number of sulfonamides is 1. The van der Waals surface area contributed by atoms with Gasteiger partial charge in [0.05, 0.1) is 11.4 Å². The number of amides is 1. The minimum Gasteiger partial charge on any atom is -0.325 e.